The first kappa shape index (κ1) is 11.1. The van der Waals surface area contributed by atoms with Crippen molar-refractivity contribution in [3.63, 3.8) is 0 Å². The number of hydrogen-bond acceptors (Lipinski definition) is 4. The van der Waals surface area contributed by atoms with E-state index in [9.17, 15) is 4.79 Å². The van der Waals surface area contributed by atoms with Gasteiger partial charge in [-0.2, -0.15) is 0 Å². The Labute approximate surface area is 72.1 Å². The molecule has 0 bridgehead atoms. The summed E-state index contributed by atoms with van der Waals surface area (Å²) in [7, 11) is 4.03. The third kappa shape index (κ3) is 2.06. The van der Waals surface area contributed by atoms with E-state index in [2.05, 4.69) is 11.3 Å². The molecule has 0 radical (unpaired) electrons. The second-order valence-corrected chi connectivity index (χ2v) is 2.15. The maximum atomic E-state index is 11.2. The molecule has 0 spiro atoms. The van der Waals surface area contributed by atoms with Crippen LogP contribution in [0.1, 0.15) is 6.42 Å². The second kappa shape index (κ2) is 4.90. The number of hydrogen-bond donors (Lipinski definition) is 0. The number of rotatable bonds is 5. The highest BCUT2D eigenvalue weighted by Crippen LogP contribution is 2.18. The van der Waals surface area contributed by atoms with Crippen LogP contribution < -0.4 is 0 Å². The van der Waals surface area contributed by atoms with Gasteiger partial charge in [-0.25, -0.2) is 4.79 Å². The predicted octanol–water partition coefficient (Wildman–Crippen LogP) is 0.725. The van der Waals surface area contributed by atoms with Crippen LogP contribution in [0.3, 0.4) is 0 Å². The molecule has 0 aliphatic heterocycles. The molecule has 0 atom stereocenters. The van der Waals surface area contributed by atoms with E-state index >= 15 is 0 Å². The zero-order chi connectivity index (χ0) is 9.61. The minimum atomic E-state index is -1.34. The second-order valence-electron chi connectivity index (χ2n) is 2.15. The van der Waals surface area contributed by atoms with Gasteiger partial charge in [0, 0.05) is 20.6 Å². The lowest BCUT2D eigenvalue weighted by Gasteiger charge is -2.26. The molecule has 0 unspecified atom stereocenters. The molecule has 0 heterocycles. The summed E-state index contributed by atoms with van der Waals surface area (Å²) in [4.78, 5) is 11.2. The lowest BCUT2D eigenvalue weighted by Crippen LogP contribution is -2.43. The molecular formula is C8H14O4. The Bertz CT molecular complexity index is 160. The van der Waals surface area contributed by atoms with Crippen molar-refractivity contribution in [2.75, 3.05) is 21.3 Å². The van der Waals surface area contributed by atoms with E-state index in [1.165, 1.54) is 27.4 Å². The molecule has 0 rings (SSSR count). The number of carbonyl (C=O) groups excluding carboxylic acids is 1. The maximum absolute atomic E-state index is 11.2. The van der Waals surface area contributed by atoms with E-state index in [-0.39, 0.29) is 6.42 Å². The molecule has 0 saturated heterocycles. The summed E-state index contributed by atoms with van der Waals surface area (Å²) in [6, 6.07) is 0. The summed E-state index contributed by atoms with van der Waals surface area (Å²) in [5.74, 6) is -1.90. The van der Waals surface area contributed by atoms with Gasteiger partial charge in [-0.3, -0.25) is 0 Å². The minimum Gasteiger partial charge on any atom is -0.465 e. The molecule has 0 amide bonds. The Morgan fingerprint density at radius 3 is 2.17 bits per heavy atom. The predicted molar refractivity (Wildman–Crippen MR) is 43.6 cm³/mol. The molecular weight excluding hydrogens is 160 g/mol. The quantitative estimate of drug-likeness (QED) is 0.350. The Morgan fingerprint density at radius 2 is 1.92 bits per heavy atom. The van der Waals surface area contributed by atoms with Crippen molar-refractivity contribution < 1.29 is 19.0 Å². The lowest BCUT2D eigenvalue weighted by atomic mass is 10.2. The number of ether oxygens (including phenoxy) is 3. The summed E-state index contributed by atoms with van der Waals surface area (Å²) < 4.78 is 14.3. The SMILES string of the molecule is C=CCC(OC)(OC)C(=O)OC. The average molecular weight is 174 g/mol. The van der Waals surface area contributed by atoms with Crippen LogP contribution >= 0.6 is 0 Å². The fraction of sp³-hybridized carbons (Fsp3) is 0.625. The zero-order valence-corrected chi connectivity index (χ0v) is 7.62. The largest absolute Gasteiger partial charge is 0.465 e. The first-order valence-corrected chi connectivity index (χ1v) is 3.46. The molecule has 0 aromatic heterocycles. The van der Waals surface area contributed by atoms with Crippen LogP contribution in [0.2, 0.25) is 0 Å². The monoisotopic (exact) mass is 174 g/mol. The van der Waals surface area contributed by atoms with Crippen molar-refractivity contribution >= 4 is 5.97 Å². The Kier molecular flexibility index (Phi) is 4.54. The van der Waals surface area contributed by atoms with Gasteiger partial charge in [0.15, 0.2) is 0 Å². The third-order valence-corrected chi connectivity index (χ3v) is 1.57. The van der Waals surface area contributed by atoms with Gasteiger partial charge in [0.05, 0.1) is 7.11 Å². The molecule has 0 fully saturated rings. The molecule has 70 valence electrons. The van der Waals surface area contributed by atoms with Crippen LogP contribution in [0.15, 0.2) is 12.7 Å². The van der Waals surface area contributed by atoms with E-state index in [1.807, 2.05) is 0 Å². The molecule has 4 heteroatoms. The standard InChI is InChI=1S/C8H14O4/c1-5-6-8(11-3,12-4)7(9)10-2/h5H,1,6H2,2-4H3. The normalized spacial score (nSPS) is 10.9. The number of carbonyl (C=O) groups is 1. The van der Waals surface area contributed by atoms with Crippen molar-refractivity contribution in [3.8, 4) is 0 Å². The van der Waals surface area contributed by atoms with Crippen LogP contribution in [0, 0.1) is 0 Å². The van der Waals surface area contributed by atoms with Crippen LogP contribution in [0.4, 0.5) is 0 Å². The van der Waals surface area contributed by atoms with Crippen molar-refractivity contribution in [1.82, 2.24) is 0 Å². The smallest absolute Gasteiger partial charge is 0.366 e. The van der Waals surface area contributed by atoms with Crippen LogP contribution in [-0.2, 0) is 19.0 Å². The average Bonchev–Trinajstić information content (AvgIpc) is 2.13. The zero-order valence-electron chi connectivity index (χ0n) is 7.62. The summed E-state index contributed by atoms with van der Waals surface area (Å²) >= 11 is 0. The van der Waals surface area contributed by atoms with Crippen LogP contribution in [0.5, 0.6) is 0 Å². The van der Waals surface area contributed by atoms with Crippen molar-refractivity contribution in [1.29, 1.82) is 0 Å². The van der Waals surface area contributed by atoms with Gasteiger partial charge < -0.3 is 14.2 Å². The van der Waals surface area contributed by atoms with Gasteiger partial charge >= 0.3 is 5.97 Å². The first-order chi connectivity index (χ1) is 5.66. The molecule has 12 heavy (non-hydrogen) atoms. The van der Waals surface area contributed by atoms with Crippen LogP contribution in [-0.4, -0.2) is 33.1 Å². The van der Waals surface area contributed by atoms with Gasteiger partial charge in [-0.1, -0.05) is 6.08 Å². The fourth-order valence-electron chi connectivity index (χ4n) is 0.846. The molecule has 0 aliphatic rings. The fourth-order valence-corrected chi connectivity index (χ4v) is 0.846. The molecule has 0 saturated carbocycles. The van der Waals surface area contributed by atoms with Gasteiger partial charge in [-0.15, -0.1) is 6.58 Å². The van der Waals surface area contributed by atoms with Crippen molar-refractivity contribution in [2.45, 2.75) is 12.2 Å². The number of esters is 1. The highest BCUT2D eigenvalue weighted by atomic mass is 16.7. The van der Waals surface area contributed by atoms with E-state index in [4.69, 9.17) is 9.47 Å². The topological polar surface area (TPSA) is 44.8 Å². The molecule has 0 aromatic carbocycles. The Morgan fingerprint density at radius 1 is 1.42 bits per heavy atom. The third-order valence-electron chi connectivity index (χ3n) is 1.57. The van der Waals surface area contributed by atoms with E-state index in [1.54, 1.807) is 0 Å². The molecule has 0 N–H and O–H groups in total. The summed E-state index contributed by atoms with van der Waals surface area (Å²) in [5.41, 5.74) is 0. The minimum absolute atomic E-state index is 0.257. The van der Waals surface area contributed by atoms with Gasteiger partial charge in [0.25, 0.3) is 5.79 Å². The summed E-state index contributed by atoms with van der Waals surface area (Å²) in [5, 5.41) is 0. The Hall–Kier alpha value is -0.870. The van der Waals surface area contributed by atoms with E-state index in [0.29, 0.717) is 0 Å². The van der Waals surface area contributed by atoms with E-state index in [0.717, 1.165) is 0 Å². The Balaban J connectivity index is 4.55. The lowest BCUT2D eigenvalue weighted by molar-refractivity contribution is -0.226. The highest BCUT2D eigenvalue weighted by molar-refractivity contribution is 5.77. The summed E-state index contributed by atoms with van der Waals surface area (Å²) in [6.45, 7) is 3.49. The van der Waals surface area contributed by atoms with Crippen molar-refractivity contribution in [3.05, 3.63) is 12.7 Å². The summed E-state index contributed by atoms with van der Waals surface area (Å²) in [6.07, 6.45) is 1.79. The van der Waals surface area contributed by atoms with Gasteiger partial charge in [0.1, 0.15) is 0 Å². The van der Waals surface area contributed by atoms with Crippen LogP contribution in [0.25, 0.3) is 0 Å². The van der Waals surface area contributed by atoms with Crippen molar-refractivity contribution in [2.24, 2.45) is 0 Å². The van der Waals surface area contributed by atoms with E-state index < -0.39 is 11.8 Å². The number of methoxy groups -OCH3 is 3. The van der Waals surface area contributed by atoms with Gasteiger partial charge in [0.2, 0.25) is 0 Å². The molecule has 0 aliphatic carbocycles. The first-order valence-electron chi connectivity index (χ1n) is 3.46. The maximum Gasteiger partial charge on any atom is 0.366 e. The van der Waals surface area contributed by atoms with Gasteiger partial charge in [-0.05, 0) is 0 Å². The molecule has 0 aromatic rings. The molecule has 4 nitrogen and oxygen atoms in total. The highest BCUT2D eigenvalue weighted by Gasteiger charge is 2.38.